The first kappa shape index (κ1) is 18.5. The maximum atomic E-state index is 9.42. The summed E-state index contributed by atoms with van der Waals surface area (Å²) in [5.41, 5.74) is 14.2. The zero-order valence-corrected chi connectivity index (χ0v) is 16.2. The van der Waals surface area contributed by atoms with E-state index in [1.165, 1.54) is 0 Å². The van der Waals surface area contributed by atoms with E-state index in [0.717, 1.165) is 22.3 Å². The van der Waals surface area contributed by atoms with Gasteiger partial charge in [-0.25, -0.2) is 4.98 Å². The number of hydrogen-bond donors (Lipinski definition) is 3. The Hall–Kier alpha value is -3.83. The lowest BCUT2D eigenvalue weighted by molar-refractivity contribution is 0.875. The van der Waals surface area contributed by atoms with Gasteiger partial charge in [0.25, 0.3) is 0 Å². The van der Waals surface area contributed by atoms with Crippen molar-refractivity contribution in [2.45, 2.75) is 13.0 Å². The number of pyridine rings is 1. The lowest BCUT2D eigenvalue weighted by atomic mass is 10.1. The summed E-state index contributed by atoms with van der Waals surface area (Å²) in [4.78, 5) is 12.5. The number of aromatic nitrogens is 4. The molecule has 0 aliphatic carbocycles. The standard InChI is InChI=1S/C20H17ClN8/c1-11(26-18-13(9-22)17(23)27-20(24)28-18)14-10-29(12-5-3-2-4-6-12)19-16(14)15(21)7-8-25-19/h2-8,10-11H,1H3,(H5,23,24,26,27,28)/t11-/m0/s1. The largest absolute Gasteiger partial charge is 0.382 e. The van der Waals surface area contributed by atoms with Gasteiger partial charge in [-0.3, -0.25) is 0 Å². The summed E-state index contributed by atoms with van der Waals surface area (Å²) < 4.78 is 1.97. The molecule has 0 bridgehead atoms. The molecular formula is C20H17ClN8. The Kier molecular flexibility index (Phi) is 4.66. The lowest BCUT2D eigenvalue weighted by Gasteiger charge is -2.16. The van der Waals surface area contributed by atoms with Crippen molar-refractivity contribution in [2.24, 2.45) is 0 Å². The number of nitrogens with two attached hydrogens (primary N) is 2. The molecule has 5 N–H and O–H groups in total. The molecule has 0 radical (unpaired) electrons. The van der Waals surface area contributed by atoms with Gasteiger partial charge in [-0.2, -0.15) is 15.2 Å². The molecule has 9 heteroatoms. The molecule has 8 nitrogen and oxygen atoms in total. The van der Waals surface area contributed by atoms with Crippen LogP contribution >= 0.6 is 11.6 Å². The van der Waals surface area contributed by atoms with Crippen LogP contribution in [0.3, 0.4) is 0 Å². The Balaban J connectivity index is 1.84. The molecule has 1 atom stereocenters. The number of nitrogens with zero attached hydrogens (tertiary/aromatic N) is 5. The van der Waals surface area contributed by atoms with Crippen LogP contribution in [0, 0.1) is 11.3 Å². The maximum absolute atomic E-state index is 9.42. The number of nitriles is 1. The van der Waals surface area contributed by atoms with E-state index in [0.29, 0.717) is 5.02 Å². The number of rotatable bonds is 4. The molecule has 0 aliphatic rings. The molecule has 0 aliphatic heterocycles. The van der Waals surface area contributed by atoms with Crippen LogP contribution in [0.15, 0.2) is 48.8 Å². The molecule has 0 spiro atoms. The lowest BCUT2D eigenvalue weighted by Crippen LogP contribution is -2.13. The van der Waals surface area contributed by atoms with Crippen LogP contribution in [0.4, 0.5) is 17.6 Å². The van der Waals surface area contributed by atoms with Crippen LogP contribution < -0.4 is 16.8 Å². The Morgan fingerprint density at radius 2 is 1.93 bits per heavy atom. The van der Waals surface area contributed by atoms with E-state index in [1.807, 2.05) is 54.1 Å². The highest BCUT2D eigenvalue weighted by Crippen LogP contribution is 2.34. The van der Waals surface area contributed by atoms with Gasteiger partial charge in [0.1, 0.15) is 23.1 Å². The van der Waals surface area contributed by atoms with Crippen molar-refractivity contribution in [3.63, 3.8) is 0 Å². The van der Waals surface area contributed by atoms with Gasteiger partial charge in [0, 0.05) is 29.0 Å². The van der Waals surface area contributed by atoms with E-state index in [1.54, 1.807) is 12.3 Å². The number of para-hydroxylation sites is 1. The summed E-state index contributed by atoms with van der Waals surface area (Å²) in [6.07, 6.45) is 3.64. The highest BCUT2D eigenvalue weighted by atomic mass is 35.5. The molecule has 0 saturated heterocycles. The summed E-state index contributed by atoms with van der Waals surface area (Å²) >= 11 is 6.52. The van der Waals surface area contributed by atoms with E-state index in [9.17, 15) is 5.26 Å². The van der Waals surface area contributed by atoms with Crippen LogP contribution in [0.25, 0.3) is 16.7 Å². The molecule has 29 heavy (non-hydrogen) atoms. The molecule has 0 unspecified atom stereocenters. The summed E-state index contributed by atoms with van der Waals surface area (Å²) in [6.45, 7) is 1.93. The van der Waals surface area contributed by atoms with Crippen molar-refractivity contribution in [3.05, 3.63) is 64.9 Å². The van der Waals surface area contributed by atoms with Gasteiger partial charge in [-0.05, 0) is 25.1 Å². The minimum Gasteiger partial charge on any atom is -0.382 e. The highest BCUT2D eigenvalue weighted by Gasteiger charge is 2.21. The van der Waals surface area contributed by atoms with Crippen molar-refractivity contribution < 1.29 is 0 Å². The van der Waals surface area contributed by atoms with Crippen LogP contribution in [0.5, 0.6) is 0 Å². The average Bonchev–Trinajstić information content (AvgIpc) is 3.09. The van der Waals surface area contributed by atoms with Gasteiger partial charge in [0.2, 0.25) is 5.95 Å². The van der Waals surface area contributed by atoms with E-state index < -0.39 is 0 Å². The third-order valence-corrected chi connectivity index (χ3v) is 4.90. The molecule has 4 rings (SSSR count). The number of anilines is 3. The first-order valence-electron chi connectivity index (χ1n) is 8.80. The third-order valence-electron chi connectivity index (χ3n) is 4.59. The van der Waals surface area contributed by atoms with Gasteiger partial charge in [0.05, 0.1) is 11.1 Å². The topological polar surface area (TPSA) is 131 Å². The normalized spacial score (nSPS) is 11.9. The fraction of sp³-hybridized carbons (Fsp3) is 0.100. The van der Waals surface area contributed by atoms with Gasteiger partial charge in [-0.1, -0.05) is 29.8 Å². The van der Waals surface area contributed by atoms with E-state index >= 15 is 0 Å². The SMILES string of the molecule is C[C@H](Nc1nc(N)nc(N)c1C#N)c1cn(-c2ccccc2)c2nccc(Cl)c12. The second kappa shape index (κ2) is 7.30. The Bertz CT molecular complexity index is 1240. The second-order valence-corrected chi connectivity index (χ2v) is 6.86. The zero-order valence-electron chi connectivity index (χ0n) is 15.5. The van der Waals surface area contributed by atoms with E-state index in [-0.39, 0.29) is 29.2 Å². The molecule has 4 aromatic rings. The van der Waals surface area contributed by atoms with E-state index in [2.05, 4.69) is 20.3 Å². The molecule has 3 heterocycles. The number of halogens is 1. The van der Waals surface area contributed by atoms with Crippen molar-refractivity contribution in [2.75, 3.05) is 16.8 Å². The highest BCUT2D eigenvalue weighted by molar-refractivity contribution is 6.35. The molecule has 144 valence electrons. The van der Waals surface area contributed by atoms with Crippen molar-refractivity contribution in [1.29, 1.82) is 5.26 Å². The van der Waals surface area contributed by atoms with Gasteiger partial charge >= 0.3 is 0 Å². The smallest absolute Gasteiger partial charge is 0.224 e. The van der Waals surface area contributed by atoms with Crippen molar-refractivity contribution in [3.8, 4) is 11.8 Å². The van der Waals surface area contributed by atoms with Gasteiger partial charge in [-0.15, -0.1) is 0 Å². The average molecular weight is 405 g/mol. The first-order chi connectivity index (χ1) is 14.0. The molecule has 1 aromatic carbocycles. The van der Waals surface area contributed by atoms with Crippen molar-refractivity contribution >= 4 is 40.2 Å². The number of benzene rings is 1. The number of fused-ring (bicyclic) bond motifs is 1. The third kappa shape index (κ3) is 3.28. The minimum atomic E-state index is -0.273. The first-order valence-corrected chi connectivity index (χ1v) is 9.18. The molecule has 0 saturated carbocycles. The number of nitrogens with one attached hydrogen (secondary N) is 1. The van der Waals surface area contributed by atoms with Crippen molar-refractivity contribution in [1.82, 2.24) is 19.5 Å². The van der Waals surface area contributed by atoms with E-state index in [4.69, 9.17) is 23.1 Å². The molecular weight excluding hydrogens is 388 g/mol. The Morgan fingerprint density at radius 3 is 2.66 bits per heavy atom. The summed E-state index contributed by atoms with van der Waals surface area (Å²) in [7, 11) is 0. The Labute approximate surface area is 171 Å². The van der Waals surface area contributed by atoms with Crippen LogP contribution in [0.2, 0.25) is 5.02 Å². The fourth-order valence-electron chi connectivity index (χ4n) is 3.25. The van der Waals surface area contributed by atoms with Crippen LogP contribution in [0.1, 0.15) is 24.1 Å². The molecule has 3 aromatic heterocycles. The summed E-state index contributed by atoms with van der Waals surface area (Å²) in [6, 6.07) is 13.3. The van der Waals surface area contributed by atoms with Crippen LogP contribution in [-0.2, 0) is 0 Å². The quantitative estimate of drug-likeness (QED) is 0.472. The minimum absolute atomic E-state index is 0.0115. The maximum Gasteiger partial charge on any atom is 0.224 e. The zero-order chi connectivity index (χ0) is 20.5. The van der Waals surface area contributed by atoms with Gasteiger partial charge < -0.3 is 21.4 Å². The molecule has 0 amide bonds. The second-order valence-electron chi connectivity index (χ2n) is 6.45. The van der Waals surface area contributed by atoms with Crippen LogP contribution in [-0.4, -0.2) is 19.5 Å². The summed E-state index contributed by atoms with van der Waals surface area (Å²) in [5, 5.41) is 14.0. The predicted octanol–water partition coefficient (Wildman–Crippen LogP) is 3.68. The Morgan fingerprint density at radius 1 is 1.17 bits per heavy atom. The number of nitrogen functional groups attached to an aromatic ring is 2. The summed E-state index contributed by atoms with van der Waals surface area (Å²) in [5.74, 6) is 0.286. The monoisotopic (exact) mass is 404 g/mol. The number of hydrogen-bond acceptors (Lipinski definition) is 7. The van der Waals surface area contributed by atoms with Gasteiger partial charge in [0.15, 0.2) is 5.82 Å². The fourth-order valence-corrected chi connectivity index (χ4v) is 3.50. The predicted molar refractivity (Wildman–Crippen MR) is 114 cm³/mol. The molecule has 0 fully saturated rings.